The number of hydrogen-bond donors (Lipinski definition) is 0. The highest BCUT2D eigenvalue weighted by Gasteiger charge is 2.44. The fourth-order valence-electron chi connectivity index (χ4n) is 3.48. The molecule has 0 aliphatic carbocycles. The number of anilines is 1. The third-order valence-electron chi connectivity index (χ3n) is 5.87. The normalized spacial score (nSPS) is 23.2. The highest BCUT2D eigenvalue weighted by atomic mass is 35.5. The van der Waals surface area contributed by atoms with Crippen molar-refractivity contribution in [1.82, 2.24) is 10.2 Å². The fraction of sp³-hybridized carbons (Fsp3) is 0.737. The van der Waals surface area contributed by atoms with Crippen molar-refractivity contribution in [3.05, 3.63) is 10.7 Å². The Morgan fingerprint density at radius 2 is 1.81 bits per heavy atom. The third-order valence-corrected chi connectivity index (χ3v) is 10.7. The van der Waals surface area contributed by atoms with Gasteiger partial charge in [0.15, 0.2) is 19.3 Å². The van der Waals surface area contributed by atoms with Crippen LogP contribution in [-0.4, -0.2) is 43.4 Å². The van der Waals surface area contributed by atoms with Crippen LogP contribution in [0.25, 0.3) is 0 Å². The first kappa shape index (κ1) is 19.8. The monoisotopic (exact) mass is 394 g/mol. The zero-order chi connectivity index (χ0) is 19.5. The average Bonchev–Trinajstić information content (AvgIpc) is 2.86. The molecule has 7 heteroatoms. The van der Waals surface area contributed by atoms with Gasteiger partial charge in [-0.15, -0.1) is 10.2 Å². The molecular formula is C19H31ClN4OSi. The molecule has 0 unspecified atom stereocenters. The molecule has 2 aliphatic rings. The van der Waals surface area contributed by atoms with Crippen LogP contribution in [0, 0.1) is 0 Å². The van der Waals surface area contributed by atoms with Gasteiger partial charge in [0.2, 0.25) is 0 Å². The molecule has 0 N–H and O–H groups in total. The summed E-state index contributed by atoms with van der Waals surface area (Å²) in [6.07, 6.45) is 3.16. The molecule has 2 atom stereocenters. The Labute approximate surface area is 163 Å². The number of aromatic nitrogens is 2. The van der Waals surface area contributed by atoms with Gasteiger partial charge in [0.05, 0.1) is 17.8 Å². The standard InChI is InChI=1S/C19H31ClN4OSi/c1-18(2,3)14-15-17(23-22-16(14)20)21-10-12-9-13(11-24(12)15)25-26(7,8)19(4,5)6/h10,12-13H,9,11H2,1-8H3/t12-,13+/m1/s1. The molecule has 3 rings (SSSR count). The summed E-state index contributed by atoms with van der Waals surface area (Å²) >= 11 is 6.46. The van der Waals surface area contributed by atoms with Crippen LogP contribution < -0.4 is 4.90 Å². The molecule has 1 aromatic heterocycles. The van der Waals surface area contributed by atoms with Crippen molar-refractivity contribution in [3.63, 3.8) is 0 Å². The third kappa shape index (κ3) is 3.43. The molecule has 2 aliphatic heterocycles. The van der Waals surface area contributed by atoms with E-state index in [0.29, 0.717) is 11.0 Å². The predicted octanol–water partition coefficient (Wildman–Crippen LogP) is 5.11. The van der Waals surface area contributed by atoms with E-state index in [-0.39, 0.29) is 22.6 Å². The minimum atomic E-state index is -1.81. The van der Waals surface area contributed by atoms with Crippen LogP contribution in [0.2, 0.25) is 23.3 Å². The Morgan fingerprint density at radius 3 is 2.38 bits per heavy atom. The molecule has 0 saturated carbocycles. The van der Waals surface area contributed by atoms with E-state index in [1.165, 1.54) is 0 Å². The molecule has 0 aromatic carbocycles. The maximum Gasteiger partial charge on any atom is 0.198 e. The first-order chi connectivity index (χ1) is 11.8. The Balaban J connectivity index is 1.94. The molecule has 0 bridgehead atoms. The molecule has 1 aromatic rings. The Morgan fingerprint density at radius 1 is 1.15 bits per heavy atom. The van der Waals surface area contributed by atoms with Crippen molar-refractivity contribution < 1.29 is 4.43 Å². The first-order valence-electron chi connectivity index (χ1n) is 9.36. The van der Waals surface area contributed by atoms with Gasteiger partial charge < -0.3 is 9.33 Å². The molecule has 26 heavy (non-hydrogen) atoms. The lowest BCUT2D eigenvalue weighted by Crippen LogP contribution is -2.44. The van der Waals surface area contributed by atoms with Crippen LogP contribution >= 0.6 is 11.6 Å². The number of fused-ring (bicyclic) bond motifs is 3. The molecule has 1 saturated heterocycles. The van der Waals surface area contributed by atoms with E-state index < -0.39 is 8.32 Å². The van der Waals surface area contributed by atoms with E-state index in [2.05, 4.69) is 74.7 Å². The molecule has 0 amide bonds. The lowest BCUT2D eigenvalue weighted by atomic mass is 9.86. The van der Waals surface area contributed by atoms with Crippen LogP contribution in [0.4, 0.5) is 11.5 Å². The van der Waals surface area contributed by atoms with Crippen molar-refractivity contribution in [2.45, 2.75) is 83.7 Å². The summed E-state index contributed by atoms with van der Waals surface area (Å²) in [6, 6.07) is 0.235. The van der Waals surface area contributed by atoms with E-state index >= 15 is 0 Å². The summed E-state index contributed by atoms with van der Waals surface area (Å²) in [6.45, 7) is 18.8. The van der Waals surface area contributed by atoms with Crippen molar-refractivity contribution >= 4 is 37.6 Å². The van der Waals surface area contributed by atoms with E-state index in [1.54, 1.807) is 0 Å². The van der Waals surface area contributed by atoms with Crippen molar-refractivity contribution in [1.29, 1.82) is 0 Å². The number of hydrogen-bond acceptors (Lipinski definition) is 5. The summed E-state index contributed by atoms with van der Waals surface area (Å²) in [5, 5.41) is 9.05. The minimum absolute atomic E-state index is 0.132. The van der Waals surface area contributed by atoms with Gasteiger partial charge in [0.25, 0.3) is 0 Å². The minimum Gasteiger partial charge on any atom is -0.412 e. The van der Waals surface area contributed by atoms with Crippen LogP contribution in [0.1, 0.15) is 53.5 Å². The van der Waals surface area contributed by atoms with Gasteiger partial charge in [-0.05, 0) is 30.0 Å². The van der Waals surface area contributed by atoms with Crippen LogP contribution in [0.5, 0.6) is 0 Å². The number of aliphatic imine (C=N–C) groups is 1. The molecule has 0 spiro atoms. The van der Waals surface area contributed by atoms with Crippen molar-refractivity contribution in [2.24, 2.45) is 4.99 Å². The summed E-state index contributed by atoms with van der Waals surface area (Å²) in [4.78, 5) is 6.96. The second kappa shape index (κ2) is 6.28. The van der Waals surface area contributed by atoms with Crippen LogP contribution in [0.3, 0.4) is 0 Å². The maximum atomic E-state index is 6.69. The Bertz CT molecular complexity index is 736. The second-order valence-electron chi connectivity index (χ2n) is 10.0. The molecule has 5 nitrogen and oxygen atoms in total. The lowest BCUT2D eigenvalue weighted by molar-refractivity contribution is 0.200. The zero-order valence-corrected chi connectivity index (χ0v) is 19.0. The predicted molar refractivity (Wildman–Crippen MR) is 112 cm³/mol. The molecule has 1 fully saturated rings. The molecule has 0 radical (unpaired) electrons. The van der Waals surface area contributed by atoms with E-state index in [9.17, 15) is 0 Å². The van der Waals surface area contributed by atoms with Gasteiger partial charge >= 0.3 is 0 Å². The summed E-state index contributed by atoms with van der Waals surface area (Å²) < 4.78 is 6.69. The lowest BCUT2D eigenvalue weighted by Gasteiger charge is -2.38. The van der Waals surface area contributed by atoms with Gasteiger partial charge in [-0.2, -0.15) is 0 Å². The van der Waals surface area contributed by atoms with E-state index in [1.807, 2.05) is 6.21 Å². The summed E-state index contributed by atoms with van der Waals surface area (Å²) in [7, 11) is -1.81. The van der Waals surface area contributed by atoms with Gasteiger partial charge in [-0.1, -0.05) is 53.1 Å². The average molecular weight is 395 g/mol. The largest absolute Gasteiger partial charge is 0.412 e. The number of rotatable bonds is 2. The van der Waals surface area contributed by atoms with Crippen LogP contribution in [0.15, 0.2) is 4.99 Å². The Hall–Kier alpha value is -0.983. The van der Waals surface area contributed by atoms with Crippen LogP contribution in [-0.2, 0) is 9.84 Å². The highest BCUT2D eigenvalue weighted by molar-refractivity contribution is 6.74. The van der Waals surface area contributed by atoms with E-state index in [4.69, 9.17) is 16.0 Å². The highest BCUT2D eigenvalue weighted by Crippen LogP contribution is 2.46. The molecule has 144 valence electrons. The van der Waals surface area contributed by atoms with Crippen molar-refractivity contribution in [2.75, 3.05) is 11.4 Å². The first-order valence-corrected chi connectivity index (χ1v) is 12.7. The van der Waals surface area contributed by atoms with E-state index in [0.717, 1.165) is 24.2 Å². The van der Waals surface area contributed by atoms with Gasteiger partial charge in [-0.3, -0.25) is 0 Å². The quantitative estimate of drug-likeness (QED) is 0.653. The van der Waals surface area contributed by atoms with Gasteiger partial charge in [-0.25, -0.2) is 4.99 Å². The van der Waals surface area contributed by atoms with Gasteiger partial charge in [0, 0.05) is 18.3 Å². The van der Waals surface area contributed by atoms with Crippen molar-refractivity contribution in [3.8, 4) is 0 Å². The summed E-state index contributed by atoms with van der Waals surface area (Å²) in [5.74, 6) is 0.670. The van der Waals surface area contributed by atoms with Gasteiger partial charge in [0.1, 0.15) is 0 Å². The molecule has 3 heterocycles. The zero-order valence-electron chi connectivity index (χ0n) is 17.2. The fourth-order valence-corrected chi connectivity index (χ4v) is 5.25. The summed E-state index contributed by atoms with van der Waals surface area (Å²) in [5.41, 5.74) is 1.93. The topological polar surface area (TPSA) is 50.6 Å². The Kier molecular flexibility index (Phi) is 4.77. The smallest absolute Gasteiger partial charge is 0.198 e. The maximum absolute atomic E-state index is 6.69. The SMILES string of the molecule is CC(C)(C)c1c(Cl)nnc2c1N1C[C@@H](O[Si](C)(C)C(C)(C)C)C[C@@H]1C=N2. The second-order valence-corrected chi connectivity index (χ2v) is 15.1. The number of halogens is 1. The number of nitrogens with zero attached hydrogens (tertiary/aromatic N) is 4. The molecular weight excluding hydrogens is 364 g/mol.